The number of thioether (sulfide) groups is 1. The minimum absolute atomic E-state index is 0.158. The van der Waals surface area contributed by atoms with Crippen LogP contribution in [0.25, 0.3) is 0 Å². The third kappa shape index (κ3) is 5.15. The molecule has 2 saturated heterocycles. The Morgan fingerprint density at radius 2 is 2.19 bits per heavy atom. The zero-order valence-corrected chi connectivity index (χ0v) is 16.7. The molecule has 0 bridgehead atoms. The maximum atomic E-state index is 12.9. The van der Waals surface area contributed by atoms with Crippen molar-refractivity contribution in [3.63, 3.8) is 0 Å². The SMILES string of the molecule is COc1ccccc1CN(C)C(=O)CN(C[C@@H]1CCCO1)[C@@H]1CCSC1. The van der Waals surface area contributed by atoms with Gasteiger partial charge in [-0.1, -0.05) is 18.2 Å². The van der Waals surface area contributed by atoms with Crippen molar-refractivity contribution >= 4 is 17.7 Å². The summed E-state index contributed by atoms with van der Waals surface area (Å²) in [6.07, 6.45) is 3.70. The monoisotopic (exact) mass is 378 g/mol. The number of carbonyl (C=O) groups excluding carboxylic acids is 1. The fourth-order valence-corrected chi connectivity index (χ4v) is 4.93. The van der Waals surface area contributed by atoms with Crippen molar-refractivity contribution in [1.82, 2.24) is 9.80 Å². The lowest BCUT2D eigenvalue weighted by Crippen LogP contribution is -2.46. The molecule has 0 spiro atoms. The van der Waals surface area contributed by atoms with Crippen molar-refractivity contribution in [2.24, 2.45) is 0 Å². The third-order valence-electron chi connectivity index (χ3n) is 5.25. The maximum Gasteiger partial charge on any atom is 0.236 e. The highest BCUT2D eigenvalue weighted by atomic mass is 32.2. The van der Waals surface area contributed by atoms with Crippen LogP contribution in [0.1, 0.15) is 24.8 Å². The number of methoxy groups -OCH3 is 1. The first-order chi connectivity index (χ1) is 12.7. The lowest BCUT2D eigenvalue weighted by molar-refractivity contribution is -0.132. The quantitative estimate of drug-likeness (QED) is 0.696. The molecule has 5 nitrogen and oxygen atoms in total. The fraction of sp³-hybridized carbons (Fsp3) is 0.650. The molecule has 0 N–H and O–H groups in total. The van der Waals surface area contributed by atoms with Crippen molar-refractivity contribution in [2.75, 3.05) is 45.4 Å². The number of hydrogen-bond donors (Lipinski definition) is 0. The van der Waals surface area contributed by atoms with Gasteiger partial charge in [-0.3, -0.25) is 9.69 Å². The molecule has 0 saturated carbocycles. The van der Waals surface area contributed by atoms with Gasteiger partial charge in [0, 0.05) is 44.1 Å². The van der Waals surface area contributed by atoms with Crippen molar-refractivity contribution in [1.29, 1.82) is 0 Å². The first-order valence-electron chi connectivity index (χ1n) is 9.46. The molecule has 2 fully saturated rings. The number of benzene rings is 1. The number of ether oxygens (including phenoxy) is 2. The van der Waals surface area contributed by atoms with E-state index in [1.165, 1.54) is 12.2 Å². The highest BCUT2D eigenvalue weighted by Gasteiger charge is 2.29. The van der Waals surface area contributed by atoms with Gasteiger partial charge in [-0.05, 0) is 31.1 Å². The number of para-hydroxylation sites is 1. The first-order valence-corrected chi connectivity index (χ1v) is 10.6. The Balaban J connectivity index is 1.60. The first kappa shape index (κ1) is 19.5. The molecule has 0 radical (unpaired) electrons. The summed E-state index contributed by atoms with van der Waals surface area (Å²) < 4.78 is 11.2. The summed E-state index contributed by atoms with van der Waals surface area (Å²) >= 11 is 1.99. The number of carbonyl (C=O) groups is 1. The second-order valence-corrected chi connectivity index (χ2v) is 8.29. The van der Waals surface area contributed by atoms with Gasteiger partial charge >= 0.3 is 0 Å². The van der Waals surface area contributed by atoms with Gasteiger partial charge in [0.25, 0.3) is 0 Å². The van der Waals surface area contributed by atoms with E-state index in [2.05, 4.69) is 4.90 Å². The minimum atomic E-state index is 0.158. The lowest BCUT2D eigenvalue weighted by atomic mass is 10.1. The van der Waals surface area contributed by atoms with Gasteiger partial charge in [0.2, 0.25) is 5.91 Å². The van der Waals surface area contributed by atoms with E-state index in [0.29, 0.717) is 19.1 Å². The van der Waals surface area contributed by atoms with Gasteiger partial charge in [0.15, 0.2) is 0 Å². The van der Waals surface area contributed by atoms with Crippen LogP contribution in [0, 0.1) is 0 Å². The molecule has 3 rings (SSSR count). The van der Waals surface area contributed by atoms with Crippen LogP contribution in [0.2, 0.25) is 0 Å². The van der Waals surface area contributed by atoms with Crippen LogP contribution in [-0.2, 0) is 16.1 Å². The second kappa shape index (κ2) is 9.62. The summed E-state index contributed by atoms with van der Waals surface area (Å²) in [5, 5.41) is 0. The highest BCUT2D eigenvalue weighted by Crippen LogP contribution is 2.25. The zero-order valence-electron chi connectivity index (χ0n) is 15.9. The molecule has 1 aromatic rings. The molecule has 2 atom stereocenters. The Bertz CT molecular complexity index is 586. The Kier molecular flexibility index (Phi) is 7.23. The predicted molar refractivity (Wildman–Crippen MR) is 106 cm³/mol. The highest BCUT2D eigenvalue weighted by molar-refractivity contribution is 7.99. The Morgan fingerprint density at radius 1 is 1.35 bits per heavy atom. The summed E-state index contributed by atoms with van der Waals surface area (Å²) in [4.78, 5) is 17.0. The lowest BCUT2D eigenvalue weighted by Gasteiger charge is -2.31. The van der Waals surface area contributed by atoms with Gasteiger partial charge in [-0.2, -0.15) is 11.8 Å². The number of amides is 1. The van der Waals surface area contributed by atoms with Crippen molar-refractivity contribution in [3.05, 3.63) is 29.8 Å². The van der Waals surface area contributed by atoms with Crippen LogP contribution in [0.4, 0.5) is 0 Å². The van der Waals surface area contributed by atoms with Gasteiger partial charge in [-0.15, -0.1) is 0 Å². The maximum absolute atomic E-state index is 12.9. The molecule has 26 heavy (non-hydrogen) atoms. The minimum Gasteiger partial charge on any atom is -0.496 e. The average molecular weight is 379 g/mol. The molecule has 1 amide bonds. The van der Waals surface area contributed by atoms with E-state index in [-0.39, 0.29) is 12.0 Å². The molecule has 6 heteroatoms. The number of hydrogen-bond acceptors (Lipinski definition) is 5. The van der Waals surface area contributed by atoms with Crippen LogP contribution < -0.4 is 4.74 Å². The molecular weight excluding hydrogens is 348 g/mol. The summed E-state index contributed by atoms with van der Waals surface area (Å²) in [6, 6.07) is 8.38. The Morgan fingerprint density at radius 3 is 2.88 bits per heavy atom. The van der Waals surface area contributed by atoms with Crippen molar-refractivity contribution < 1.29 is 14.3 Å². The van der Waals surface area contributed by atoms with E-state index < -0.39 is 0 Å². The molecule has 0 aliphatic carbocycles. The summed E-state index contributed by atoms with van der Waals surface area (Å²) in [7, 11) is 3.55. The second-order valence-electron chi connectivity index (χ2n) is 7.14. The van der Waals surface area contributed by atoms with Crippen LogP contribution in [0.3, 0.4) is 0 Å². The van der Waals surface area contributed by atoms with E-state index in [1.54, 1.807) is 7.11 Å². The van der Waals surface area contributed by atoms with Gasteiger partial charge in [0.1, 0.15) is 5.75 Å². The fourth-order valence-electron chi connectivity index (χ4n) is 3.67. The van der Waals surface area contributed by atoms with E-state index in [0.717, 1.165) is 43.1 Å². The number of nitrogens with zero attached hydrogens (tertiary/aromatic N) is 2. The topological polar surface area (TPSA) is 42.0 Å². The van der Waals surface area contributed by atoms with E-state index >= 15 is 0 Å². The average Bonchev–Trinajstić information content (AvgIpc) is 3.35. The molecule has 0 aromatic heterocycles. The molecule has 144 valence electrons. The van der Waals surface area contributed by atoms with Crippen LogP contribution in [0.5, 0.6) is 5.75 Å². The standard InChI is InChI=1S/C20H30N2O3S/c1-21(12-16-6-3-4-8-19(16)24-2)20(23)14-22(17-9-11-26-15-17)13-18-7-5-10-25-18/h3-4,6,8,17-18H,5,7,9-15H2,1-2H3/t17-,18+/m1/s1. The van der Waals surface area contributed by atoms with Gasteiger partial charge in [0.05, 0.1) is 19.8 Å². The molecule has 2 aliphatic rings. The predicted octanol–water partition coefficient (Wildman–Crippen LogP) is 2.64. The molecular formula is C20H30N2O3S. The summed E-state index contributed by atoms with van der Waals surface area (Å²) in [6.45, 7) is 2.77. The zero-order chi connectivity index (χ0) is 18.4. The van der Waals surface area contributed by atoms with Crippen molar-refractivity contribution in [3.8, 4) is 5.75 Å². The largest absolute Gasteiger partial charge is 0.496 e. The summed E-state index contributed by atoms with van der Waals surface area (Å²) in [5.74, 6) is 3.30. The van der Waals surface area contributed by atoms with Crippen LogP contribution >= 0.6 is 11.8 Å². The molecule has 2 aliphatic heterocycles. The van der Waals surface area contributed by atoms with E-state index in [1.807, 2.05) is 48.0 Å². The third-order valence-corrected chi connectivity index (χ3v) is 6.39. The van der Waals surface area contributed by atoms with Gasteiger partial charge in [-0.25, -0.2) is 0 Å². The molecule has 0 unspecified atom stereocenters. The molecule has 2 heterocycles. The van der Waals surface area contributed by atoms with Crippen molar-refractivity contribution in [2.45, 2.75) is 38.0 Å². The Hall–Kier alpha value is -1.24. The smallest absolute Gasteiger partial charge is 0.236 e. The van der Waals surface area contributed by atoms with Crippen LogP contribution in [0.15, 0.2) is 24.3 Å². The van der Waals surface area contributed by atoms with E-state index in [4.69, 9.17) is 9.47 Å². The van der Waals surface area contributed by atoms with E-state index in [9.17, 15) is 4.79 Å². The number of rotatable bonds is 8. The van der Waals surface area contributed by atoms with Gasteiger partial charge < -0.3 is 14.4 Å². The molecule has 1 aromatic carbocycles. The normalized spacial score (nSPS) is 22.7. The Labute approximate surface area is 161 Å². The van der Waals surface area contributed by atoms with Crippen LogP contribution in [-0.4, -0.2) is 73.2 Å². The number of likely N-dealkylation sites (N-methyl/N-ethyl adjacent to an activating group) is 1. The summed E-state index contributed by atoms with van der Waals surface area (Å²) in [5.41, 5.74) is 1.04.